The molecule has 3 rings (SSSR count). The molecule has 0 bridgehead atoms. The number of hydrogen-bond donors (Lipinski definition) is 0. The monoisotopic (exact) mass is 295 g/mol. The van der Waals surface area contributed by atoms with Gasteiger partial charge >= 0.3 is 0 Å². The Bertz CT molecular complexity index is 711. The first-order valence-electron chi connectivity index (χ1n) is 6.51. The van der Waals surface area contributed by atoms with Gasteiger partial charge in [-0.3, -0.25) is 4.98 Å². The lowest BCUT2D eigenvalue weighted by molar-refractivity contribution is 0.467. The molecular weight excluding hydrogens is 282 g/mol. The first-order valence-corrected chi connectivity index (χ1v) is 7.39. The van der Waals surface area contributed by atoms with E-state index in [0.29, 0.717) is 11.1 Å². The van der Waals surface area contributed by atoms with Gasteiger partial charge in [0.05, 0.1) is 0 Å². The first-order chi connectivity index (χ1) is 10.4. The van der Waals surface area contributed by atoms with E-state index in [1.54, 1.807) is 12.4 Å². The fourth-order valence-corrected chi connectivity index (χ4v) is 2.30. The fourth-order valence-electron chi connectivity index (χ4n) is 1.77. The van der Waals surface area contributed by atoms with Gasteiger partial charge in [0, 0.05) is 18.0 Å². The topological polar surface area (TPSA) is 51.8 Å². The van der Waals surface area contributed by atoms with Crippen molar-refractivity contribution in [3.63, 3.8) is 0 Å². The van der Waals surface area contributed by atoms with E-state index >= 15 is 0 Å². The highest BCUT2D eigenvalue weighted by molar-refractivity contribution is 8.01. The Hall–Kier alpha value is -2.40. The minimum Gasteiger partial charge on any atom is -0.411 e. The number of allylic oxidation sites excluding steroid dienone is 1. The highest BCUT2D eigenvalue weighted by Crippen LogP contribution is 2.23. The molecule has 0 atom stereocenters. The molecule has 0 radical (unpaired) electrons. The Morgan fingerprint density at radius 2 is 1.81 bits per heavy atom. The molecule has 1 aromatic carbocycles. The van der Waals surface area contributed by atoms with Crippen LogP contribution >= 0.6 is 11.8 Å². The van der Waals surface area contributed by atoms with Crippen LogP contribution in [0.5, 0.6) is 0 Å². The van der Waals surface area contributed by atoms with E-state index in [1.165, 1.54) is 17.3 Å². The number of pyridine rings is 1. The van der Waals surface area contributed by atoms with Gasteiger partial charge in [-0.05, 0) is 41.3 Å². The number of rotatable bonds is 5. The molecule has 0 aliphatic carbocycles. The molecular formula is C16H13N3OS. The lowest BCUT2D eigenvalue weighted by Crippen LogP contribution is -1.77. The number of benzene rings is 1. The van der Waals surface area contributed by atoms with Gasteiger partial charge in [0.1, 0.15) is 0 Å². The van der Waals surface area contributed by atoms with Gasteiger partial charge in [-0.15, -0.1) is 10.2 Å². The average Bonchev–Trinajstić information content (AvgIpc) is 3.02. The van der Waals surface area contributed by atoms with Gasteiger partial charge in [0.15, 0.2) is 0 Å². The smallest absolute Gasteiger partial charge is 0.281 e. The maximum Gasteiger partial charge on any atom is 0.281 e. The molecule has 0 aliphatic rings. The van der Waals surface area contributed by atoms with Crippen LogP contribution in [0.15, 0.2) is 76.0 Å². The zero-order chi connectivity index (χ0) is 14.3. The third-order valence-electron chi connectivity index (χ3n) is 2.80. The lowest BCUT2D eigenvalue weighted by atomic mass is 10.2. The highest BCUT2D eigenvalue weighted by atomic mass is 32.2. The second kappa shape index (κ2) is 6.85. The third-order valence-corrected chi connectivity index (χ3v) is 3.49. The summed E-state index contributed by atoms with van der Waals surface area (Å²) in [5, 5.41) is 10.5. The molecule has 0 aliphatic heterocycles. The first kappa shape index (κ1) is 13.6. The van der Waals surface area contributed by atoms with E-state index in [0.717, 1.165) is 12.0 Å². The van der Waals surface area contributed by atoms with Crippen molar-refractivity contribution in [1.29, 1.82) is 0 Å². The second-order valence-electron chi connectivity index (χ2n) is 4.29. The van der Waals surface area contributed by atoms with E-state index in [4.69, 9.17) is 4.42 Å². The molecule has 0 spiro atoms. The quantitative estimate of drug-likeness (QED) is 0.666. The lowest BCUT2D eigenvalue weighted by Gasteiger charge is -1.93. The summed E-state index contributed by atoms with van der Waals surface area (Å²) in [6.45, 7) is 0. The summed E-state index contributed by atoms with van der Waals surface area (Å²) in [4.78, 5) is 3.96. The molecule has 21 heavy (non-hydrogen) atoms. The maximum absolute atomic E-state index is 5.58. The molecule has 104 valence electrons. The van der Waals surface area contributed by atoms with Gasteiger partial charge in [0.25, 0.3) is 5.22 Å². The Balaban J connectivity index is 1.58. The van der Waals surface area contributed by atoms with Crippen LogP contribution in [0, 0.1) is 0 Å². The number of thioether (sulfide) groups is 1. The minimum atomic E-state index is 0.511. The van der Waals surface area contributed by atoms with Crippen molar-refractivity contribution in [2.24, 2.45) is 0 Å². The molecule has 3 aromatic rings. The standard InChI is InChI=1S/C16H13N3OS/c1-2-5-13(6-3-1)7-4-12-21-16-19-18-15(20-16)14-8-10-17-11-9-14/h1-6,8-12H,7H2. The number of aromatic nitrogens is 3. The van der Waals surface area contributed by atoms with Crippen LogP contribution in [-0.4, -0.2) is 15.2 Å². The zero-order valence-electron chi connectivity index (χ0n) is 11.2. The summed E-state index contributed by atoms with van der Waals surface area (Å²) < 4.78 is 5.58. The molecule has 0 saturated carbocycles. The molecule has 0 fully saturated rings. The number of nitrogens with zero attached hydrogens (tertiary/aromatic N) is 3. The Morgan fingerprint density at radius 3 is 2.62 bits per heavy atom. The molecule has 2 aromatic heterocycles. The maximum atomic E-state index is 5.58. The van der Waals surface area contributed by atoms with Gasteiger partial charge in [-0.25, -0.2) is 0 Å². The molecule has 0 amide bonds. The zero-order valence-corrected chi connectivity index (χ0v) is 12.0. The predicted molar refractivity (Wildman–Crippen MR) is 82.7 cm³/mol. The van der Waals surface area contributed by atoms with Gasteiger partial charge in [-0.1, -0.05) is 36.4 Å². The predicted octanol–water partition coefficient (Wildman–Crippen LogP) is 3.98. The van der Waals surface area contributed by atoms with Gasteiger partial charge in [-0.2, -0.15) is 0 Å². The van der Waals surface area contributed by atoms with Crippen molar-refractivity contribution in [2.45, 2.75) is 11.6 Å². The van der Waals surface area contributed by atoms with E-state index in [1.807, 2.05) is 35.7 Å². The van der Waals surface area contributed by atoms with Crippen LogP contribution in [0.25, 0.3) is 11.5 Å². The third kappa shape index (κ3) is 3.79. The van der Waals surface area contributed by atoms with Crippen molar-refractivity contribution in [1.82, 2.24) is 15.2 Å². The molecule has 5 heteroatoms. The number of hydrogen-bond acceptors (Lipinski definition) is 5. The van der Waals surface area contributed by atoms with E-state index < -0.39 is 0 Å². The molecule has 2 heterocycles. The largest absolute Gasteiger partial charge is 0.411 e. The van der Waals surface area contributed by atoms with Crippen molar-refractivity contribution in [3.8, 4) is 11.5 Å². The summed E-state index contributed by atoms with van der Waals surface area (Å²) >= 11 is 1.42. The van der Waals surface area contributed by atoms with Crippen LogP contribution in [0.3, 0.4) is 0 Å². The van der Waals surface area contributed by atoms with E-state index in [-0.39, 0.29) is 0 Å². The van der Waals surface area contributed by atoms with Crippen LogP contribution in [0.1, 0.15) is 5.56 Å². The molecule has 0 N–H and O–H groups in total. The summed E-state index contributed by atoms with van der Waals surface area (Å²) in [5.41, 5.74) is 2.15. The Kier molecular flexibility index (Phi) is 4.43. The molecule has 0 unspecified atom stereocenters. The summed E-state index contributed by atoms with van der Waals surface area (Å²) in [5.74, 6) is 0.511. The minimum absolute atomic E-state index is 0.511. The van der Waals surface area contributed by atoms with E-state index in [9.17, 15) is 0 Å². The fraction of sp³-hybridized carbons (Fsp3) is 0.0625. The van der Waals surface area contributed by atoms with Crippen LogP contribution < -0.4 is 0 Å². The van der Waals surface area contributed by atoms with E-state index in [2.05, 4.69) is 33.4 Å². The van der Waals surface area contributed by atoms with Gasteiger partial charge < -0.3 is 4.42 Å². The van der Waals surface area contributed by atoms with Crippen molar-refractivity contribution in [3.05, 3.63) is 71.9 Å². The second-order valence-corrected chi connectivity index (χ2v) is 5.15. The molecule has 0 saturated heterocycles. The van der Waals surface area contributed by atoms with Gasteiger partial charge in [0.2, 0.25) is 5.89 Å². The van der Waals surface area contributed by atoms with Crippen LogP contribution in [0.2, 0.25) is 0 Å². The van der Waals surface area contributed by atoms with Crippen LogP contribution in [0.4, 0.5) is 0 Å². The summed E-state index contributed by atoms with van der Waals surface area (Å²) in [6, 6.07) is 14.0. The van der Waals surface area contributed by atoms with Crippen molar-refractivity contribution >= 4 is 11.8 Å². The Morgan fingerprint density at radius 1 is 1.00 bits per heavy atom. The average molecular weight is 295 g/mol. The molecule has 4 nitrogen and oxygen atoms in total. The Labute approximate surface area is 126 Å². The van der Waals surface area contributed by atoms with Crippen molar-refractivity contribution < 1.29 is 4.42 Å². The summed E-state index contributed by atoms with van der Waals surface area (Å²) in [6.07, 6.45) is 6.37. The van der Waals surface area contributed by atoms with Crippen molar-refractivity contribution in [2.75, 3.05) is 0 Å². The highest BCUT2D eigenvalue weighted by Gasteiger charge is 2.07. The normalized spacial score (nSPS) is 11.0. The summed E-state index contributed by atoms with van der Waals surface area (Å²) in [7, 11) is 0. The SMILES string of the molecule is C(=CSc1nnc(-c2ccncc2)o1)Cc1ccccc1. The van der Waals surface area contributed by atoms with Crippen LogP contribution in [-0.2, 0) is 6.42 Å².